The summed E-state index contributed by atoms with van der Waals surface area (Å²) in [5.74, 6) is 0.149. The molecular formula is C27H28Cl2N4O2. The van der Waals surface area contributed by atoms with E-state index in [-0.39, 0.29) is 29.1 Å². The smallest absolute Gasteiger partial charge is 0.291 e. The number of carbonyl (C=O) groups is 2. The largest absolute Gasteiger partial charge is 0.335 e. The van der Waals surface area contributed by atoms with E-state index in [4.69, 9.17) is 23.2 Å². The zero-order valence-corrected chi connectivity index (χ0v) is 21.0. The molecule has 8 heteroatoms. The van der Waals surface area contributed by atoms with E-state index in [1.807, 2.05) is 40.3 Å². The Morgan fingerprint density at radius 3 is 2.43 bits per heavy atom. The third-order valence-electron chi connectivity index (χ3n) is 7.34. The second kappa shape index (κ2) is 10.1. The second-order valence-electron chi connectivity index (χ2n) is 9.56. The van der Waals surface area contributed by atoms with Gasteiger partial charge in [0.1, 0.15) is 0 Å². The number of hydrogen-bond acceptors (Lipinski definition) is 4. The Morgan fingerprint density at radius 1 is 0.943 bits per heavy atom. The number of aliphatic imine (C=N–C) groups is 2. The quantitative estimate of drug-likeness (QED) is 0.565. The lowest BCUT2D eigenvalue weighted by atomic mass is 9.91. The Labute approximate surface area is 215 Å². The molecule has 1 aliphatic carbocycles. The molecule has 1 unspecified atom stereocenters. The zero-order chi connectivity index (χ0) is 24.4. The monoisotopic (exact) mass is 510 g/mol. The average Bonchev–Trinajstić information content (AvgIpc) is 3.17. The summed E-state index contributed by atoms with van der Waals surface area (Å²) >= 11 is 12.3. The lowest BCUT2D eigenvalue weighted by molar-refractivity contribution is -0.133. The molecule has 2 aromatic rings. The van der Waals surface area contributed by atoms with Gasteiger partial charge in [0, 0.05) is 53.9 Å². The standard InChI is InChI=1S/C27H28Cl2N4O2/c28-22-7-3-5-19(15-22)21-9-12-30-24(31-17-21)26(35)33-14-13-32(18-27(33)10-1-2-11-27)25(34)20-6-4-8-23(29)16-20/h3-8,15-17,21H,1-2,9-14,18H2. The third-order valence-corrected chi connectivity index (χ3v) is 7.81. The number of rotatable bonds is 3. The van der Waals surface area contributed by atoms with E-state index in [0.717, 1.165) is 37.7 Å². The van der Waals surface area contributed by atoms with Crippen LogP contribution in [0, 0.1) is 0 Å². The van der Waals surface area contributed by atoms with Crippen molar-refractivity contribution < 1.29 is 9.59 Å². The highest BCUT2D eigenvalue weighted by Crippen LogP contribution is 2.39. The molecule has 3 aliphatic rings. The Hall–Kier alpha value is -2.70. The van der Waals surface area contributed by atoms with Crippen molar-refractivity contribution in [1.82, 2.24) is 9.80 Å². The van der Waals surface area contributed by atoms with Gasteiger partial charge < -0.3 is 9.80 Å². The Kier molecular flexibility index (Phi) is 6.94. The van der Waals surface area contributed by atoms with Crippen LogP contribution in [0.5, 0.6) is 0 Å². The number of benzene rings is 2. The summed E-state index contributed by atoms with van der Waals surface area (Å²) in [6, 6.07) is 14.8. The van der Waals surface area contributed by atoms with Crippen LogP contribution >= 0.6 is 23.2 Å². The van der Waals surface area contributed by atoms with Crippen LogP contribution in [0.25, 0.3) is 0 Å². The first-order chi connectivity index (χ1) is 16.9. The first-order valence-electron chi connectivity index (χ1n) is 12.2. The van der Waals surface area contributed by atoms with Gasteiger partial charge in [0.15, 0.2) is 0 Å². The molecule has 6 nitrogen and oxygen atoms in total. The van der Waals surface area contributed by atoms with E-state index in [1.54, 1.807) is 24.3 Å². The highest BCUT2D eigenvalue weighted by Gasteiger charge is 2.48. The molecular weight excluding hydrogens is 483 g/mol. The van der Waals surface area contributed by atoms with Gasteiger partial charge in [-0.1, -0.05) is 54.2 Å². The minimum atomic E-state index is -0.375. The Bertz CT molecular complexity index is 1190. The van der Waals surface area contributed by atoms with E-state index in [9.17, 15) is 9.59 Å². The van der Waals surface area contributed by atoms with Gasteiger partial charge in [-0.25, -0.2) is 4.99 Å². The van der Waals surface area contributed by atoms with Crippen LogP contribution in [0.15, 0.2) is 58.5 Å². The van der Waals surface area contributed by atoms with Crippen molar-refractivity contribution in [2.24, 2.45) is 9.98 Å². The van der Waals surface area contributed by atoms with Gasteiger partial charge in [-0.3, -0.25) is 14.6 Å². The van der Waals surface area contributed by atoms with Gasteiger partial charge in [-0.2, -0.15) is 0 Å². The van der Waals surface area contributed by atoms with Crippen molar-refractivity contribution in [3.05, 3.63) is 69.7 Å². The van der Waals surface area contributed by atoms with E-state index >= 15 is 0 Å². The van der Waals surface area contributed by atoms with Gasteiger partial charge in [-0.15, -0.1) is 0 Å². The van der Waals surface area contributed by atoms with Crippen LogP contribution in [-0.2, 0) is 4.79 Å². The van der Waals surface area contributed by atoms with Crippen molar-refractivity contribution >= 4 is 47.1 Å². The molecule has 1 spiro atoms. The fourth-order valence-electron chi connectivity index (χ4n) is 5.55. The molecule has 0 bridgehead atoms. The van der Waals surface area contributed by atoms with Crippen LogP contribution in [0.4, 0.5) is 0 Å². The molecule has 2 aliphatic heterocycles. The highest BCUT2D eigenvalue weighted by atomic mass is 35.5. The lowest BCUT2D eigenvalue weighted by Gasteiger charge is -2.49. The summed E-state index contributed by atoms with van der Waals surface area (Å²) in [5.41, 5.74) is 1.28. The predicted molar refractivity (Wildman–Crippen MR) is 140 cm³/mol. The molecule has 0 aromatic heterocycles. The molecule has 1 atom stereocenters. The molecule has 182 valence electrons. The summed E-state index contributed by atoms with van der Waals surface area (Å²) in [6.07, 6.45) is 6.43. The van der Waals surface area contributed by atoms with Crippen LogP contribution in [0.3, 0.4) is 0 Å². The molecule has 1 saturated carbocycles. The molecule has 2 fully saturated rings. The fraction of sp³-hybridized carbons (Fsp3) is 0.407. The topological polar surface area (TPSA) is 65.3 Å². The summed E-state index contributed by atoms with van der Waals surface area (Å²) in [6.45, 7) is 1.99. The van der Waals surface area contributed by atoms with Gasteiger partial charge in [0.25, 0.3) is 11.8 Å². The summed E-state index contributed by atoms with van der Waals surface area (Å²) < 4.78 is 0. The van der Waals surface area contributed by atoms with E-state index in [0.29, 0.717) is 41.8 Å². The first-order valence-corrected chi connectivity index (χ1v) is 12.9. The van der Waals surface area contributed by atoms with Gasteiger partial charge >= 0.3 is 0 Å². The van der Waals surface area contributed by atoms with E-state index < -0.39 is 0 Å². The number of amides is 2. The SMILES string of the molecule is O=C(c1cccc(Cl)c1)N1CCN(C(=O)C2=NCCC(c3cccc(Cl)c3)C=N2)C2(CCCC2)C1. The van der Waals surface area contributed by atoms with Crippen LogP contribution in [0.2, 0.25) is 10.0 Å². The Balaban J connectivity index is 1.34. The maximum atomic E-state index is 13.7. The van der Waals surface area contributed by atoms with Crippen molar-refractivity contribution in [3.8, 4) is 0 Å². The van der Waals surface area contributed by atoms with Crippen molar-refractivity contribution in [3.63, 3.8) is 0 Å². The molecule has 1 saturated heterocycles. The number of halogens is 2. The minimum Gasteiger partial charge on any atom is -0.335 e. The van der Waals surface area contributed by atoms with Crippen LogP contribution in [-0.4, -0.2) is 65.4 Å². The lowest BCUT2D eigenvalue weighted by Crippen LogP contribution is -2.64. The molecule has 2 heterocycles. The molecule has 2 aromatic carbocycles. The molecule has 2 amide bonds. The van der Waals surface area contributed by atoms with Crippen LogP contribution in [0.1, 0.15) is 53.9 Å². The first kappa shape index (κ1) is 24.0. The Morgan fingerprint density at radius 2 is 1.69 bits per heavy atom. The maximum absolute atomic E-state index is 13.7. The van der Waals surface area contributed by atoms with Gasteiger partial charge in [0.05, 0.1) is 5.54 Å². The van der Waals surface area contributed by atoms with Crippen molar-refractivity contribution in [2.45, 2.75) is 43.6 Å². The molecule has 0 N–H and O–H groups in total. The molecule has 35 heavy (non-hydrogen) atoms. The number of piperazine rings is 1. The van der Waals surface area contributed by atoms with Crippen LogP contribution < -0.4 is 0 Å². The normalized spacial score (nSPS) is 21.7. The summed E-state index contributed by atoms with van der Waals surface area (Å²) in [5, 5.41) is 1.23. The summed E-state index contributed by atoms with van der Waals surface area (Å²) in [4.78, 5) is 39.8. The molecule has 0 radical (unpaired) electrons. The van der Waals surface area contributed by atoms with Crippen molar-refractivity contribution in [1.29, 1.82) is 0 Å². The number of carbonyl (C=O) groups excluding carboxylic acids is 2. The van der Waals surface area contributed by atoms with E-state index in [1.165, 1.54) is 0 Å². The second-order valence-corrected chi connectivity index (χ2v) is 10.4. The maximum Gasteiger partial charge on any atom is 0.291 e. The highest BCUT2D eigenvalue weighted by molar-refractivity contribution is 6.39. The fourth-order valence-corrected chi connectivity index (χ4v) is 5.94. The van der Waals surface area contributed by atoms with Gasteiger partial charge in [0.2, 0.25) is 5.84 Å². The minimum absolute atomic E-state index is 0.0416. The van der Waals surface area contributed by atoms with Gasteiger partial charge in [-0.05, 0) is 55.2 Å². The number of amidine groups is 1. The number of nitrogens with zero attached hydrogens (tertiary/aromatic N) is 4. The van der Waals surface area contributed by atoms with E-state index in [2.05, 4.69) is 9.98 Å². The number of hydrogen-bond donors (Lipinski definition) is 0. The predicted octanol–water partition coefficient (Wildman–Crippen LogP) is 5.25. The third kappa shape index (κ3) is 5.00. The molecule has 5 rings (SSSR count). The summed E-state index contributed by atoms with van der Waals surface area (Å²) in [7, 11) is 0. The zero-order valence-electron chi connectivity index (χ0n) is 19.5. The van der Waals surface area contributed by atoms with Crippen molar-refractivity contribution in [2.75, 3.05) is 26.2 Å². The average molecular weight is 511 g/mol.